The maximum absolute atomic E-state index is 5.74. The van der Waals surface area contributed by atoms with Crippen molar-refractivity contribution in [2.45, 2.75) is 25.7 Å². The lowest BCUT2D eigenvalue weighted by molar-refractivity contribution is 0.228. The van der Waals surface area contributed by atoms with Crippen molar-refractivity contribution in [2.75, 3.05) is 31.1 Å². The maximum atomic E-state index is 5.74. The Morgan fingerprint density at radius 1 is 0.909 bits per heavy atom. The number of nitrogens with zero attached hydrogens (tertiary/aromatic N) is 2. The van der Waals surface area contributed by atoms with E-state index in [0.717, 1.165) is 11.5 Å². The zero-order valence-corrected chi connectivity index (χ0v) is 13.7. The van der Waals surface area contributed by atoms with Gasteiger partial charge in [0.05, 0.1) is 5.69 Å². The van der Waals surface area contributed by atoms with Gasteiger partial charge in [-0.2, -0.15) is 0 Å². The van der Waals surface area contributed by atoms with E-state index in [1.807, 2.05) is 0 Å². The summed E-state index contributed by atoms with van der Waals surface area (Å²) >= 11 is 5.74. The fourth-order valence-corrected chi connectivity index (χ4v) is 4.20. The Labute approximate surface area is 137 Å². The van der Waals surface area contributed by atoms with Crippen LogP contribution in [0.3, 0.4) is 0 Å². The molecule has 0 unspecified atom stereocenters. The Morgan fingerprint density at radius 2 is 1.68 bits per heavy atom. The fraction of sp³-hybridized carbons (Fsp3) is 0.421. The maximum Gasteiger partial charge on any atom is 0.114 e. The lowest BCUT2D eigenvalue weighted by Gasteiger charge is -2.27. The summed E-state index contributed by atoms with van der Waals surface area (Å²) < 4.78 is 0. The number of hydrogen-bond donors (Lipinski definition) is 0. The first-order chi connectivity index (χ1) is 10.8. The first-order valence-corrected chi connectivity index (χ1v) is 8.81. The lowest BCUT2D eigenvalue weighted by Crippen LogP contribution is -2.34. The fourth-order valence-electron chi connectivity index (χ4n) is 3.84. The molecule has 2 aliphatic heterocycles. The highest BCUT2D eigenvalue weighted by molar-refractivity contribution is 7.81. The quantitative estimate of drug-likeness (QED) is 0.781. The number of rotatable bonds is 4. The smallest absolute Gasteiger partial charge is 0.114 e. The Morgan fingerprint density at radius 3 is 2.50 bits per heavy atom. The molecule has 0 radical (unpaired) electrons. The molecule has 22 heavy (non-hydrogen) atoms. The summed E-state index contributed by atoms with van der Waals surface area (Å²) in [6, 6.07) is 13.0. The molecular formula is C19H22N2S. The second-order valence-electron chi connectivity index (χ2n) is 6.39. The molecule has 3 heteroatoms. The van der Waals surface area contributed by atoms with Gasteiger partial charge in [0.25, 0.3) is 0 Å². The molecule has 2 aromatic rings. The number of likely N-dealkylation sites (tertiary alicyclic amines) is 1. The van der Waals surface area contributed by atoms with Crippen LogP contribution in [0.1, 0.15) is 31.2 Å². The number of hydrogen-bond acceptors (Lipinski definition) is 2. The van der Waals surface area contributed by atoms with Gasteiger partial charge in [0.1, 0.15) is 4.99 Å². The van der Waals surface area contributed by atoms with Crippen LogP contribution in [-0.2, 0) is 0 Å². The lowest BCUT2D eigenvalue weighted by atomic mass is 10.1. The molecule has 0 spiro atoms. The summed E-state index contributed by atoms with van der Waals surface area (Å²) in [6.07, 6.45) is 5.33. The third-order valence-corrected chi connectivity index (χ3v) is 5.39. The van der Waals surface area contributed by atoms with Crippen LogP contribution in [0.25, 0.3) is 10.8 Å². The third-order valence-electron chi connectivity index (χ3n) is 4.95. The highest BCUT2D eigenvalue weighted by Crippen LogP contribution is 2.37. The number of thiocarbonyl (C=S) groups is 1. The monoisotopic (exact) mass is 310 g/mol. The first kappa shape index (κ1) is 14.2. The molecule has 1 fully saturated rings. The zero-order valence-electron chi connectivity index (χ0n) is 12.9. The van der Waals surface area contributed by atoms with Gasteiger partial charge in [0.2, 0.25) is 0 Å². The van der Waals surface area contributed by atoms with Crippen LogP contribution in [0.2, 0.25) is 0 Å². The minimum atomic E-state index is 1.01. The van der Waals surface area contributed by atoms with Crippen LogP contribution >= 0.6 is 12.2 Å². The Bertz CT molecular complexity index is 698. The van der Waals surface area contributed by atoms with E-state index < -0.39 is 0 Å². The molecular weight excluding hydrogens is 288 g/mol. The highest BCUT2D eigenvalue weighted by Gasteiger charge is 2.25. The largest absolute Gasteiger partial charge is 0.332 e. The highest BCUT2D eigenvalue weighted by atomic mass is 32.1. The molecule has 0 saturated carbocycles. The molecule has 2 aliphatic rings. The summed E-state index contributed by atoms with van der Waals surface area (Å²) in [4.78, 5) is 5.96. The van der Waals surface area contributed by atoms with E-state index in [1.165, 1.54) is 67.3 Å². The van der Waals surface area contributed by atoms with Crippen LogP contribution in [-0.4, -0.2) is 36.1 Å². The molecule has 2 aromatic carbocycles. The van der Waals surface area contributed by atoms with Gasteiger partial charge in [0, 0.05) is 17.5 Å². The number of anilines is 1. The topological polar surface area (TPSA) is 6.48 Å². The van der Waals surface area contributed by atoms with Crippen molar-refractivity contribution in [3.05, 3.63) is 42.0 Å². The summed E-state index contributed by atoms with van der Waals surface area (Å²) in [5, 5.41) is 2.64. The van der Waals surface area contributed by atoms with E-state index >= 15 is 0 Å². The molecule has 0 amide bonds. The van der Waals surface area contributed by atoms with Crippen LogP contribution in [0.4, 0.5) is 5.69 Å². The average Bonchev–Trinajstić information content (AvgIpc) is 2.84. The molecule has 0 aliphatic carbocycles. The first-order valence-electron chi connectivity index (χ1n) is 8.40. The summed E-state index contributed by atoms with van der Waals surface area (Å²) in [7, 11) is 0. The van der Waals surface area contributed by atoms with E-state index in [9.17, 15) is 0 Å². The normalized spacial score (nSPS) is 18.4. The van der Waals surface area contributed by atoms with Crippen molar-refractivity contribution in [2.24, 2.45) is 0 Å². The van der Waals surface area contributed by atoms with Gasteiger partial charge in [-0.1, -0.05) is 49.0 Å². The second kappa shape index (κ2) is 5.98. The van der Waals surface area contributed by atoms with E-state index in [2.05, 4.69) is 46.2 Å². The van der Waals surface area contributed by atoms with E-state index in [4.69, 9.17) is 12.2 Å². The van der Waals surface area contributed by atoms with Crippen molar-refractivity contribution in [1.29, 1.82) is 0 Å². The molecule has 0 aromatic heterocycles. The van der Waals surface area contributed by atoms with Crippen LogP contribution in [0.5, 0.6) is 0 Å². The minimum Gasteiger partial charge on any atom is -0.332 e. The molecule has 2 nitrogen and oxygen atoms in total. The Balaban J connectivity index is 1.49. The second-order valence-corrected chi connectivity index (χ2v) is 6.78. The summed E-state index contributed by atoms with van der Waals surface area (Å²) in [5.41, 5.74) is 2.54. The molecule has 1 saturated heterocycles. The van der Waals surface area contributed by atoms with Gasteiger partial charge in [0.15, 0.2) is 0 Å². The molecule has 0 bridgehead atoms. The minimum absolute atomic E-state index is 1.01. The van der Waals surface area contributed by atoms with E-state index in [-0.39, 0.29) is 0 Å². The van der Waals surface area contributed by atoms with Crippen LogP contribution in [0, 0.1) is 0 Å². The van der Waals surface area contributed by atoms with Gasteiger partial charge in [-0.05, 0) is 50.3 Å². The van der Waals surface area contributed by atoms with E-state index in [0.29, 0.717) is 0 Å². The average molecular weight is 310 g/mol. The molecule has 4 rings (SSSR count). The van der Waals surface area contributed by atoms with Crippen molar-refractivity contribution < 1.29 is 0 Å². The van der Waals surface area contributed by atoms with Gasteiger partial charge < -0.3 is 9.80 Å². The summed E-state index contributed by atoms with van der Waals surface area (Å²) in [5.74, 6) is 0. The van der Waals surface area contributed by atoms with Crippen molar-refractivity contribution in [1.82, 2.24) is 4.90 Å². The SMILES string of the molecule is S=C1c2cccc3cccc(c23)N1CCCN1CCCCC1. The summed E-state index contributed by atoms with van der Waals surface area (Å²) in [6.45, 7) is 4.79. The van der Waals surface area contributed by atoms with Crippen molar-refractivity contribution in [3.8, 4) is 0 Å². The molecule has 114 valence electrons. The van der Waals surface area contributed by atoms with E-state index in [1.54, 1.807) is 0 Å². The Hall–Kier alpha value is -1.45. The predicted molar refractivity (Wildman–Crippen MR) is 97.9 cm³/mol. The Kier molecular flexibility index (Phi) is 3.85. The van der Waals surface area contributed by atoms with Crippen LogP contribution in [0.15, 0.2) is 36.4 Å². The van der Waals surface area contributed by atoms with Crippen LogP contribution < -0.4 is 4.90 Å². The molecule has 0 atom stereocenters. The number of benzene rings is 2. The molecule has 2 heterocycles. The number of piperidine rings is 1. The standard InChI is InChI=1S/C19H22N2S/c22-19-16-9-4-7-15-8-5-10-17(18(15)16)21(19)14-6-13-20-11-2-1-3-12-20/h4-5,7-10H,1-3,6,11-14H2. The van der Waals surface area contributed by atoms with Crippen molar-refractivity contribution in [3.63, 3.8) is 0 Å². The van der Waals surface area contributed by atoms with Gasteiger partial charge in [-0.15, -0.1) is 0 Å². The predicted octanol–water partition coefficient (Wildman–Crippen LogP) is 4.21. The third kappa shape index (κ3) is 2.42. The molecule has 0 N–H and O–H groups in total. The van der Waals surface area contributed by atoms with Crippen molar-refractivity contribution >= 4 is 33.7 Å². The van der Waals surface area contributed by atoms with Gasteiger partial charge in [-0.25, -0.2) is 0 Å². The van der Waals surface area contributed by atoms with Gasteiger partial charge >= 0.3 is 0 Å². The zero-order chi connectivity index (χ0) is 14.9. The van der Waals surface area contributed by atoms with Gasteiger partial charge in [-0.3, -0.25) is 0 Å².